The number of carbonyl (C=O) groups excluding carboxylic acids is 1. The average Bonchev–Trinajstić information content (AvgIpc) is 2.05. The average molecular weight is 183 g/mol. The van der Waals surface area contributed by atoms with Crippen molar-refractivity contribution in [3.8, 4) is 0 Å². The number of carbonyl (C=O) groups is 1. The van der Waals surface area contributed by atoms with Crippen molar-refractivity contribution in [1.82, 2.24) is 5.32 Å². The molecular weight excluding hydrogens is 162 g/mol. The lowest BCUT2D eigenvalue weighted by Gasteiger charge is -2.31. The van der Waals surface area contributed by atoms with E-state index >= 15 is 0 Å². The van der Waals surface area contributed by atoms with Crippen molar-refractivity contribution >= 4 is 5.78 Å². The Hall–Kier alpha value is -0.630. The largest absolute Gasteiger partial charge is 0.310 e. The third-order valence-electron chi connectivity index (χ3n) is 2.41. The third kappa shape index (κ3) is 2.96. The topological polar surface area (TPSA) is 29.1 Å². The highest BCUT2D eigenvalue weighted by Gasteiger charge is 2.32. The van der Waals surface area contributed by atoms with Crippen LogP contribution in [0.25, 0.3) is 0 Å². The quantitative estimate of drug-likeness (QED) is 0.661. The molecule has 0 amide bonds. The summed E-state index contributed by atoms with van der Waals surface area (Å²) in [5.74, 6) is 0.309. The summed E-state index contributed by atoms with van der Waals surface area (Å²) in [6.45, 7) is 11.6. The number of nitrogens with one attached hydrogen (secondary N) is 1. The van der Waals surface area contributed by atoms with Gasteiger partial charge in [-0.2, -0.15) is 0 Å². The van der Waals surface area contributed by atoms with Gasteiger partial charge in [0.2, 0.25) is 0 Å². The molecule has 0 saturated carbocycles. The molecule has 0 unspecified atom stereocenters. The summed E-state index contributed by atoms with van der Waals surface area (Å²) >= 11 is 0. The summed E-state index contributed by atoms with van der Waals surface area (Å²) in [6, 6.07) is -0.134. The second kappa shape index (κ2) is 4.56. The van der Waals surface area contributed by atoms with Gasteiger partial charge in [-0.3, -0.25) is 4.79 Å². The van der Waals surface area contributed by atoms with E-state index in [2.05, 4.69) is 11.9 Å². The zero-order valence-electron chi connectivity index (χ0n) is 9.35. The van der Waals surface area contributed by atoms with E-state index in [0.29, 0.717) is 0 Å². The lowest BCUT2D eigenvalue weighted by Crippen LogP contribution is -2.46. The van der Waals surface area contributed by atoms with Gasteiger partial charge in [0.15, 0.2) is 5.78 Å². The van der Waals surface area contributed by atoms with Gasteiger partial charge in [0.05, 0.1) is 6.04 Å². The molecule has 0 aromatic rings. The molecule has 0 aromatic heterocycles. The highest BCUT2D eigenvalue weighted by molar-refractivity contribution is 5.86. The van der Waals surface area contributed by atoms with Crippen molar-refractivity contribution in [2.45, 2.75) is 33.7 Å². The van der Waals surface area contributed by atoms with Gasteiger partial charge in [-0.1, -0.05) is 33.8 Å². The first-order chi connectivity index (χ1) is 5.86. The van der Waals surface area contributed by atoms with Crippen molar-refractivity contribution in [2.75, 3.05) is 7.05 Å². The van der Waals surface area contributed by atoms with E-state index in [0.717, 1.165) is 0 Å². The van der Waals surface area contributed by atoms with Gasteiger partial charge in [0.25, 0.3) is 0 Å². The van der Waals surface area contributed by atoms with Crippen LogP contribution in [0.3, 0.4) is 0 Å². The maximum Gasteiger partial charge on any atom is 0.153 e. The van der Waals surface area contributed by atoms with Gasteiger partial charge >= 0.3 is 0 Å². The minimum absolute atomic E-state index is 0.0664. The first-order valence-corrected chi connectivity index (χ1v) is 4.71. The normalized spacial score (nSPS) is 14.3. The second-order valence-corrected chi connectivity index (χ2v) is 4.30. The van der Waals surface area contributed by atoms with Crippen LogP contribution in [0.5, 0.6) is 0 Å². The Balaban J connectivity index is 4.70. The minimum Gasteiger partial charge on any atom is -0.310 e. The van der Waals surface area contributed by atoms with Crippen LogP contribution in [0.1, 0.15) is 27.7 Å². The summed E-state index contributed by atoms with van der Waals surface area (Å²) in [5, 5.41) is 3.05. The molecule has 0 spiro atoms. The van der Waals surface area contributed by atoms with E-state index in [4.69, 9.17) is 0 Å². The van der Waals surface area contributed by atoms with Crippen LogP contribution in [0.4, 0.5) is 0 Å². The van der Waals surface area contributed by atoms with E-state index in [1.54, 1.807) is 0 Å². The zero-order valence-corrected chi connectivity index (χ0v) is 9.35. The molecule has 1 N–H and O–H groups in total. The molecule has 0 bridgehead atoms. The lowest BCUT2D eigenvalue weighted by molar-refractivity contribution is -0.125. The molecule has 0 aliphatic rings. The second-order valence-electron chi connectivity index (χ2n) is 4.30. The van der Waals surface area contributed by atoms with Crippen LogP contribution in [0, 0.1) is 11.3 Å². The molecule has 76 valence electrons. The number of hydrogen-bond donors (Lipinski definition) is 1. The molecule has 0 fully saturated rings. The van der Waals surface area contributed by atoms with E-state index in [1.165, 1.54) is 0 Å². The lowest BCUT2D eigenvalue weighted by atomic mass is 9.79. The number of likely N-dealkylation sites (N-methyl/N-ethyl adjacent to an activating group) is 1. The Labute approximate surface area is 81.4 Å². The number of rotatable bonds is 5. The summed E-state index contributed by atoms with van der Waals surface area (Å²) in [7, 11) is 1.82. The number of ketones is 1. The van der Waals surface area contributed by atoms with Crippen LogP contribution < -0.4 is 5.32 Å². The SMILES string of the molecule is C=CC(C)(C)[C@H](NC)C(=O)C(C)C. The molecule has 2 heteroatoms. The number of hydrogen-bond acceptors (Lipinski definition) is 2. The van der Waals surface area contributed by atoms with Crippen LogP contribution in [0.2, 0.25) is 0 Å². The summed E-state index contributed by atoms with van der Waals surface area (Å²) in [4.78, 5) is 11.8. The number of Topliss-reactive ketones (excluding diaryl/α,β-unsaturated/α-hetero) is 1. The highest BCUT2D eigenvalue weighted by Crippen LogP contribution is 2.24. The molecule has 0 heterocycles. The molecule has 0 aliphatic carbocycles. The Kier molecular flexibility index (Phi) is 4.34. The molecule has 1 atom stereocenters. The fraction of sp³-hybridized carbons (Fsp3) is 0.727. The fourth-order valence-electron chi connectivity index (χ4n) is 1.33. The van der Waals surface area contributed by atoms with E-state index in [9.17, 15) is 4.79 Å². The van der Waals surface area contributed by atoms with Gasteiger partial charge in [0, 0.05) is 11.3 Å². The fourth-order valence-corrected chi connectivity index (χ4v) is 1.33. The summed E-state index contributed by atoms with van der Waals surface area (Å²) in [5.41, 5.74) is -0.184. The molecular formula is C11H21NO. The first kappa shape index (κ1) is 12.4. The van der Waals surface area contributed by atoms with Crippen LogP contribution in [-0.4, -0.2) is 18.9 Å². The van der Waals surface area contributed by atoms with Crippen molar-refractivity contribution < 1.29 is 4.79 Å². The third-order valence-corrected chi connectivity index (χ3v) is 2.41. The molecule has 2 nitrogen and oxygen atoms in total. The molecule has 0 aliphatic heterocycles. The van der Waals surface area contributed by atoms with Gasteiger partial charge < -0.3 is 5.32 Å². The van der Waals surface area contributed by atoms with Gasteiger partial charge in [-0.25, -0.2) is 0 Å². The Bertz CT molecular complexity index is 194. The molecule has 0 rings (SSSR count). The van der Waals surface area contributed by atoms with Crippen LogP contribution in [-0.2, 0) is 4.79 Å². The van der Waals surface area contributed by atoms with Gasteiger partial charge in [0.1, 0.15) is 0 Å². The van der Waals surface area contributed by atoms with Crippen LogP contribution >= 0.6 is 0 Å². The van der Waals surface area contributed by atoms with Crippen LogP contribution in [0.15, 0.2) is 12.7 Å². The Morgan fingerprint density at radius 2 is 1.92 bits per heavy atom. The molecule has 13 heavy (non-hydrogen) atoms. The zero-order chi connectivity index (χ0) is 10.6. The maximum atomic E-state index is 11.8. The standard InChI is InChI=1S/C11H21NO/c1-7-11(4,5)10(12-6)9(13)8(2)3/h7-8,10,12H,1H2,2-6H3/t10-/m1/s1. The van der Waals surface area contributed by atoms with Crippen molar-refractivity contribution in [2.24, 2.45) is 11.3 Å². The highest BCUT2D eigenvalue weighted by atomic mass is 16.1. The Morgan fingerprint density at radius 1 is 1.46 bits per heavy atom. The smallest absolute Gasteiger partial charge is 0.153 e. The first-order valence-electron chi connectivity index (χ1n) is 4.71. The van der Waals surface area contributed by atoms with Gasteiger partial charge in [-0.05, 0) is 7.05 Å². The molecule has 0 saturated heterocycles. The van der Waals surface area contributed by atoms with Gasteiger partial charge in [-0.15, -0.1) is 6.58 Å². The van der Waals surface area contributed by atoms with Crippen molar-refractivity contribution in [3.63, 3.8) is 0 Å². The monoisotopic (exact) mass is 183 g/mol. The van der Waals surface area contributed by atoms with E-state index in [1.807, 2.05) is 40.8 Å². The van der Waals surface area contributed by atoms with Crippen molar-refractivity contribution in [3.05, 3.63) is 12.7 Å². The summed E-state index contributed by atoms with van der Waals surface area (Å²) in [6.07, 6.45) is 1.83. The van der Waals surface area contributed by atoms with E-state index in [-0.39, 0.29) is 23.2 Å². The van der Waals surface area contributed by atoms with E-state index < -0.39 is 0 Å². The Morgan fingerprint density at radius 3 is 2.15 bits per heavy atom. The summed E-state index contributed by atoms with van der Waals surface area (Å²) < 4.78 is 0. The predicted molar refractivity (Wildman–Crippen MR) is 56.7 cm³/mol. The minimum atomic E-state index is -0.184. The molecule has 0 aromatic carbocycles. The predicted octanol–water partition coefficient (Wildman–Crippen LogP) is 2.01. The van der Waals surface area contributed by atoms with Crippen molar-refractivity contribution in [1.29, 1.82) is 0 Å². The maximum absolute atomic E-state index is 11.8. The molecule has 0 radical (unpaired) electrons.